The highest BCUT2D eigenvalue weighted by Gasteiger charge is 2.26. The fraction of sp³-hybridized carbons (Fsp3) is 0.432. The van der Waals surface area contributed by atoms with Crippen molar-refractivity contribution >= 4 is 40.7 Å². The van der Waals surface area contributed by atoms with Gasteiger partial charge in [-0.05, 0) is 43.2 Å². The lowest BCUT2D eigenvalue weighted by molar-refractivity contribution is -0.123. The molecular weight excluding hydrogens is 657 g/mol. The molecule has 3 N–H and O–H groups in total. The Labute approximate surface area is 297 Å². The zero-order valence-electron chi connectivity index (χ0n) is 28.8. The first-order chi connectivity index (χ1) is 23.7. The Morgan fingerprint density at radius 1 is 0.857 bits per heavy atom. The molecule has 262 valence electrons. The Hall–Kier alpha value is -4.29. The quantitative estimate of drug-likeness (QED) is 0.102. The van der Waals surface area contributed by atoms with Crippen LogP contribution in [0.25, 0.3) is 0 Å². The van der Waals surface area contributed by atoms with Gasteiger partial charge in [-0.2, -0.15) is 0 Å². The lowest BCUT2D eigenvalue weighted by Crippen LogP contribution is -2.52. The van der Waals surface area contributed by atoms with Crippen LogP contribution in [0.2, 0.25) is 0 Å². The number of hydrogen-bond acceptors (Lipinski definition) is 8. The van der Waals surface area contributed by atoms with E-state index in [0.29, 0.717) is 44.6 Å². The van der Waals surface area contributed by atoms with E-state index in [1.54, 1.807) is 35.0 Å². The number of rotatable bonds is 18. The summed E-state index contributed by atoms with van der Waals surface area (Å²) >= 11 is 3.02. The van der Waals surface area contributed by atoms with Crippen LogP contribution in [-0.2, 0) is 35.5 Å². The third-order valence-corrected chi connectivity index (χ3v) is 9.96. The zero-order chi connectivity index (χ0) is 35.0. The average Bonchev–Trinajstić information content (AvgIpc) is 3.80. The molecule has 0 spiro atoms. The molecular formula is C37H48N6O4S2. The van der Waals surface area contributed by atoms with Gasteiger partial charge in [0.2, 0.25) is 5.91 Å². The summed E-state index contributed by atoms with van der Waals surface area (Å²) in [6.45, 7) is 6.70. The number of aromatic nitrogens is 2. The molecule has 2 aromatic carbocycles. The van der Waals surface area contributed by atoms with Gasteiger partial charge in [0.05, 0.1) is 27.6 Å². The van der Waals surface area contributed by atoms with Gasteiger partial charge < -0.3 is 25.6 Å². The van der Waals surface area contributed by atoms with Gasteiger partial charge >= 0.3 is 12.1 Å². The van der Waals surface area contributed by atoms with Crippen molar-refractivity contribution < 1.29 is 19.1 Å². The van der Waals surface area contributed by atoms with Crippen LogP contribution in [0.15, 0.2) is 77.8 Å². The van der Waals surface area contributed by atoms with Gasteiger partial charge in [-0.15, -0.1) is 22.7 Å². The highest BCUT2D eigenvalue weighted by molar-refractivity contribution is 7.09. The summed E-state index contributed by atoms with van der Waals surface area (Å²) in [6, 6.07) is 18.5. The molecule has 4 aromatic rings. The lowest BCUT2D eigenvalue weighted by Gasteiger charge is -2.27. The van der Waals surface area contributed by atoms with Crippen molar-refractivity contribution in [3.8, 4) is 0 Å². The minimum absolute atomic E-state index is 0.156. The molecule has 3 atom stereocenters. The van der Waals surface area contributed by atoms with Crippen molar-refractivity contribution in [3.05, 3.63) is 104 Å². The van der Waals surface area contributed by atoms with Gasteiger partial charge in [-0.3, -0.25) is 9.78 Å². The molecule has 12 heteroatoms. The summed E-state index contributed by atoms with van der Waals surface area (Å²) < 4.78 is 5.49. The number of alkyl carbamates (subject to hydrolysis) is 1. The van der Waals surface area contributed by atoms with Gasteiger partial charge in [0.25, 0.3) is 0 Å². The van der Waals surface area contributed by atoms with E-state index in [1.807, 2.05) is 73.0 Å². The number of urea groups is 1. The zero-order valence-corrected chi connectivity index (χ0v) is 30.4. The number of carbonyl (C=O) groups excluding carboxylic acids is 3. The Bertz CT molecular complexity index is 1570. The Morgan fingerprint density at radius 3 is 2.04 bits per heavy atom. The first-order valence-corrected chi connectivity index (χ1v) is 18.6. The minimum Gasteiger partial charge on any atom is -0.444 e. The second kappa shape index (κ2) is 19.6. The predicted molar refractivity (Wildman–Crippen MR) is 196 cm³/mol. The molecule has 0 saturated heterocycles. The van der Waals surface area contributed by atoms with E-state index in [9.17, 15) is 14.4 Å². The minimum atomic E-state index is -0.695. The Balaban J connectivity index is 1.42. The second-order valence-electron chi connectivity index (χ2n) is 12.5. The summed E-state index contributed by atoms with van der Waals surface area (Å²) in [5.74, 6) is 0.101. The number of carbonyl (C=O) groups is 3. The molecule has 4 amide bonds. The summed E-state index contributed by atoms with van der Waals surface area (Å²) in [7, 11) is 1.71. The SMILES string of the molecule is CCC[C@H](NC(=O)N(C)Cc1csc(C(C)C)n1)C(=O)N[C@@H](CC[C@@H](Cc1ccccc1)NC(=O)OCc1cncs1)Cc1ccccc1. The number of hydrogen-bond donors (Lipinski definition) is 3. The normalized spacial score (nSPS) is 12.9. The predicted octanol–water partition coefficient (Wildman–Crippen LogP) is 7.08. The van der Waals surface area contributed by atoms with E-state index >= 15 is 0 Å². The van der Waals surface area contributed by atoms with Crippen molar-refractivity contribution in [3.63, 3.8) is 0 Å². The van der Waals surface area contributed by atoms with E-state index in [-0.39, 0.29) is 30.6 Å². The average molecular weight is 705 g/mol. The molecule has 4 rings (SSSR count). The topological polar surface area (TPSA) is 126 Å². The molecule has 0 saturated carbocycles. The maximum absolute atomic E-state index is 13.8. The van der Waals surface area contributed by atoms with Crippen molar-refractivity contribution in [2.75, 3.05) is 7.05 Å². The van der Waals surface area contributed by atoms with E-state index in [4.69, 9.17) is 4.74 Å². The summed E-state index contributed by atoms with van der Waals surface area (Å²) in [4.78, 5) is 51.0. The number of thiazole rings is 2. The van der Waals surface area contributed by atoms with Crippen LogP contribution >= 0.6 is 22.7 Å². The number of ether oxygens (including phenoxy) is 1. The third kappa shape index (κ3) is 12.9. The van der Waals surface area contributed by atoms with E-state index < -0.39 is 12.1 Å². The lowest BCUT2D eigenvalue weighted by atomic mass is 9.95. The highest BCUT2D eigenvalue weighted by Crippen LogP contribution is 2.20. The molecule has 0 radical (unpaired) electrons. The van der Waals surface area contributed by atoms with E-state index in [2.05, 4.69) is 39.8 Å². The molecule has 0 bridgehead atoms. The number of nitrogens with zero attached hydrogens (tertiary/aromatic N) is 3. The Kier molecular flexibility index (Phi) is 15.0. The molecule has 49 heavy (non-hydrogen) atoms. The van der Waals surface area contributed by atoms with Gasteiger partial charge in [0.1, 0.15) is 12.6 Å². The summed E-state index contributed by atoms with van der Waals surface area (Å²) in [6.07, 6.45) is 4.83. The maximum atomic E-state index is 13.8. The highest BCUT2D eigenvalue weighted by atomic mass is 32.1. The van der Waals surface area contributed by atoms with E-state index in [0.717, 1.165) is 33.1 Å². The van der Waals surface area contributed by atoms with Gasteiger partial charge in [-0.25, -0.2) is 14.6 Å². The first kappa shape index (κ1) is 37.5. The standard InChI is InChI=1S/C37H48N6O4S2/c1-5-12-33(42-36(45)43(4)22-31-24-48-35(40-31)26(2)3)34(44)39-29(19-27-13-8-6-9-14-27)17-18-30(20-28-15-10-7-11-16-28)41-37(46)47-23-32-21-38-25-49-32/h6-11,13-16,21,24-26,29-30,33H,5,12,17-20,22-23H2,1-4H3,(H,39,44)(H,41,46)(H,42,45)/t29-,30-,33-/m0/s1. The molecule has 0 unspecified atom stereocenters. The van der Waals surface area contributed by atoms with E-state index in [1.165, 1.54) is 11.3 Å². The fourth-order valence-electron chi connectivity index (χ4n) is 5.40. The summed E-state index contributed by atoms with van der Waals surface area (Å²) in [5.41, 5.74) is 4.71. The van der Waals surface area contributed by atoms with Crippen LogP contribution in [-0.4, -0.2) is 58.1 Å². The molecule has 0 aliphatic rings. The second-order valence-corrected chi connectivity index (χ2v) is 14.4. The van der Waals surface area contributed by atoms with Crippen LogP contribution in [0.1, 0.15) is 79.1 Å². The monoisotopic (exact) mass is 704 g/mol. The van der Waals surface area contributed by atoms with Crippen LogP contribution in [0.3, 0.4) is 0 Å². The molecule has 10 nitrogen and oxygen atoms in total. The van der Waals surface area contributed by atoms with Crippen LogP contribution in [0, 0.1) is 0 Å². The molecule has 0 aliphatic carbocycles. The van der Waals surface area contributed by atoms with Gasteiger partial charge in [-0.1, -0.05) is 87.9 Å². The van der Waals surface area contributed by atoms with Crippen molar-refractivity contribution in [1.29, 1.82) is 0 Å². The number of nitrogens with one attached hydrogen (secondary N) is 3. The van der Waals surface area contributed by atoms with Crippen molar-refractivity contribution in [2.24, 2.45) is 0 Å². The van der Waals surface area contributed by atoms with Crippen LogP contribution < -0.4 is 16.0 Å². The number of benzene rings is 2. The maximum Gasteiger partial charge on any atom is 0.407 e. The fourth-order valence-corrected chi connectivity index (χ4v) is 6.73. The smallest absolute Gasteiger partial charge is 0.407 e. The first-order valence-electron chi connectivity index (χ1n) is 16.8. The molecule has 2 heterocycles. The van der Waals surface area contributed by atoms with Gasteiger partial charge in [0.15, 0.2) is 0 Å². The van der Waals surface area contributed by atoms with Crippen molar-refractivity contribution in [1.82, 2.24) is 30.8 Å². The molecule has 0 aliphatic heterocycles. The molecule has 0 fully saturated rings. The van der Waals surface area contributed by atoms with Crippen LogP contribution in [0.5, 0.6) is 0 Å². The Morgan fingerprint density at radius 2 is 1.49 bits per heavy atom. The molecule has 2 aromatic heterocycles. The van der Waals surface area contributed by atoms with Crippen molar-refractivity contribution in [2.45, 2.75) is 96.5 Å². The number of amides is 4. The third-order valence-electron chi connectivity index (χ3n) is 8.01. The summed E-state index contributed by atoms with van der Waals surface area (Å²) in [5, 5.41) is 12.3. The van der Waals surface area contributed by atoms with Crippen LogP contribution in [0.4, 0.5) is 9.59 Å². The largest absolute Gasteiger partial charge is 0.444 e. The van der Waals surface area contributed by atoms with Gasteiger partial charge in [0, 0.05) is 36.6 Å².